The number of urea groups is 1. The van der Waals surface area contributed by atoms with Crippen LogP contribution in [-0.2, 0) is 9.59 Å². The summed E-state index contributed by atoms with van der Waals surface area (Å²) >= 11 is 1.63. The highest BCUT2D eigenvalue weighted by Crippen LogP contribution is 2.39. The number of amides is 4. The van der Waals surface area contributed by atoms with Gasteiger partial charge in [-0.05, 0) is 48.9 Å². The second kappa shape index (κ2) is 7.39. The maximum atomic E-state index is 13.6. The largest absolute Gasteiger partial charge is 0.348 e. The molecule has 1 saturated carbocycles. The molecule has 4 rings (SSSR count). The van der Waals surface area contributed by atoms with Crippen LogP contribution < -0.4 is 10.6 Å². The minimum absolute atomic E-state index is 0.0518. The van der Waals surface area contributed by atoms with Gasteiger partial charge in [-0.3, -0.25) is 14.5 Å². The number of halogens is 1. The van der Waals surface area contributed by atoms with Crippen LogP contribution in [0.15, 0.2) is 23.1 Å². The molecule has 1 aromatic carbocycles. The topological polar surface area (TPSA) is 78.5 Å². The number of benzene rings is 1. The summed E-state index contributed by atoms with van der Waals surface area (Å²) in [6.45, 7) is 1.67. The smallest absolute Gasteiger partial charge is 0.325 e. The first-order valence-electron chi connectivity index (χ1n) is 9.76. The molecule has 3 atom stereocenters. The van der Waals surface area contributed by atoms with E-state index in [0.29, 0.717) is 12.8 Å². The Kier molecular flexibility index (Phi) is 5.07. The Morgan fingerprint density at radius 2 is 2.18 bits per heavy atom. The van der Waals surface area contributed by atoms with Crippen LogP contribution in [0.1, 0.15) is 50.6 Å². The van der Waals surface area contributed by atoms with Crippen LogP contribution in [0.2, 0.25) is 0 Å². The third kappa shape index (κ3) is 3.27. The van der Waals surface area contributed by atoms with Crippen molar-refractivity contribution in [1.82, 2.24) is 15.5 Å². The van der Waals surface area contributed by atoms with Gasteiger partial charge in [-0.2, -0.15) is 0 Å². The zero-order valence-corrected chi connectivity index (χ0v) is 16.6. The molecular formula is C20H24FN3O3S. The van der Waals surface area contributed by atoms with Gasteiger partial charge in [0.25, 0.3) is 5.91 Å². The Morgan fingerprint density at radius 3 is 2.96 bits per heavy atom. The van der Waals surface area contributed by atoms with Gasteiger partial charge in [-0.15, -0.1) is 11.8 Å². The van der Waals surface area contributed by atoms with Crippen molar-refractivity contribution < 1.29 is 18.8 Å². The van der Waals surface area contributed by atoms with Gasteiger partial charge in [0.2, 0.25) is 5.91 Å². The molecule has 0 bridgehead atoms. The molecule has 0 unspecified atom stereocenters. The van der Waals surface area contributed by atoms with E-state index in [2.05, 4.69) is 10.6 Å². The summed E-state index contributed by atoms with van der Waals surface area (Å²) in [5.41, 5.74) is -0.119. The van der Waals surface area contributed by atoms with Crippen molar-refractivity contribution in [2.75, 3.05) is 12.3 Å². The summed E-state index contributed by atoms with van der Waals surface area (Å²) in [4.78, 5) is 40.0. The molecule has 8 heteroatoms. The first-order valence-corrected chi connectivity index (χ1v) is 10.7. The van der Waals surface area contributed by atoms with Crippen LogP contribution in [0.5, 0.6) is 0 Å². The normalized spacial score (nSPS) is 29.6. The summed E-state index contributed by atoms with van der Waals surface area (Å²) in [5, 5.41) is 5.74. The van der Waals surface area contributed by atoms with Crippen LogP contribution in [0.25, 0.3) is 0 Å². The van der Waals surface area contributed by atoms with Crippen LogP contribution in [0, 0.1) is 11.7 Å². The number of hydrogen-bond acceptors (Lipinski definition) is 4. The maximum Gasteiger partial charge on any atom is 0.325 e. The number of carbonyl (C=O) groups excluding carboxylic acids is 3. The Morgan fingerprint density at radius 1 is 1.36 bits per heavy atom. The molecule has 1 spiro atoms. The zero-order valence-electron chi connectivity index (χ0n) is 15.8. The van der Waals surface area contributed by atoms with Crippen LogP contribution >= 0.6 is 11.8 Å². The first kappa shape index (κ1) is 19.2. The molecule has 2 aliphatic heterocycles. The Hall–Kier alpha value is -2.09. The van der Waals surface area contributed by atoms with Crippen molar-refractivity contribution >= 4 is 29.6 Å². The summed E-state index contributed by atoms with van der Waals surface area (Å²) in [5.74, 6) is -0.187. The van der Waals surface area contributed by atoms with Gasteiger partial charge in [-0.1, -0.05) is 19.8 Å². The molecule has 0 radical (unpaired) electrons. The minimum atomic E-state index is -0.868. The monoisotopic (exact) mass is 405 g/mol. The number of nitrogens with one attached hydrogen (secondary N) is 2. The highest BCUT2D eigenvalue weighted by molar-refractivity contribution is 7.99. The molecule has 1 aliphatic carbocycles. The molecule has 4 amide bonds. The number of hydrogen-bond donors (Lipinski definition) is 2. The number of fused-ring (bicyclic) bond motifs is 1. The van der Waals surface area contributed by atoms with Crippen molar-refractivity contribution in [3.05, 3.63) is 29.6 Å². The summed E-state index contributed by atoms with van der Waals surface area (Å²) in [6.07, 6.45) is 4.10. The average Bonchev–Trinajstić information content (AvgIpc) is 2.90. The van der Waals surface area contributed by atoms with E-state index in [1.807, 2.05) is 6.92 Å². The summed E-state index contributed by atoms with van der Waals surface area (Å²) < 4.78 is 13.6. The van der Waals surface area contributed by atoms with E-state index in [1.165, 1.54) is 12.1 Å². The molecule has 28 heavy (non-hydrogen) atoms. The van der Waals surface area contributed by atoms with E-state index in [-0.39, 0.29) is 30.2 Å². The lowest BCUT2D eigenvalue weighted by atomic mass is 9.73. The molecule has 1 saturated heterocycles. The molecule has 1 aromatic rings. The molecule has 2 heterocycles. The van der Waals surface area contributed by atoms with Gasteiger partial charge in [0, 0.05) is 10.6 Å². The second-order valence-corrected chi connectivity index (χ2v) is 9.02. The lowest BCUT2D eigenvalue weighted by Gasteiger charge is -2.36. The third-order valence-corrected chi connectivity index (χ3v) is 7.27. The number of thioether (sulfide) groups is 1. The van der Waals surface area contributed by atoms with Crippen LogP contribution in [-0.4, -0.2) is 40.6 Å². The van der Waals surface area contributed by atoms with Gasteiger partial charge < -0.3 is 10.6 Å². The molecule has 2 N–H and O–H groups in total. The van der Waals surface area contributed by atoms with Crippen LogP contribution in [0.4, 0.5) is 9.18 Å². The van der Waals surface area contributed by atoms with Crippen LogP contribution in [0.3, 0.4) is 0 Å². The Bertz CT molecular complexity index is 833. The highest BCUT2D eigenvalue weighted by atomic mass is 32.2. The van der Waals surface area contributed by atoms with Crippen molar-refractivity contribution in [2.24, 2.45) is 5.92 Å². The number of imide groups is 1. The van der Waals surface area contributed by atoms with E-state index in [1.54, 1.807) is 17.8 Å². The SMILES string of the molecule is C[C@@H]1CCCC[C@]12NC(=O)N(CC(=O)N[C@H]1CCSc3ccc(F)cc31)C2=O. The van der Waals surface area contributed by atoms with Gasteiger partial charge in [0.1, 0.15) is 17.9 Å². The molecular weight excluding hydrogens is 381 g/mol. The maximum absolute atomic E-state index is 13.6. The molecule has 6 nitrogen and oxygen atoms in total. The highest BCUT2D eigenvalue weighted by Gasteiger charge is 2.55. The van der Waals surface area contributed by atoms with E-state index in [9.17, 15) is 18.8 Å². The van der Waals surface area contributed by atoms with E-state index in [4.69, 9.17) is 0 Å². The predicted molar refractivity (Wildman–Crippen MR) is 103 cm³/mol. The molecule has 2 fully saturated rings. The van der Waals surface area contributed by atoms with Crippen molar-refractivity contribution in [3.63, 3.8) is 0 Å². The van der Waals surface area contributed by atoms with Crippen molar-refractivity contribution in [1.29, 1.82) is 0 Å². The van der Waals surface area contributed by atoms with Gasteiger partial charge in [0.05, 0.1) is 6.04 Å². The summed E-state index contributed by atoms with van der Waals surface area (Å²) in [6, 6.07) is 3.76. The van der Waals surface area contributed by atoms with E-state index < -0.39 is 17.5 Å². The lowest BCUT2D eigenvalue weighted by Crippen LogP contribution is -2.54. The third-order valence-electron chi connectivity index (χ3n) is 6.15. The molecule has 0 aromatic heterocycles. The number of rotatable bonds is 3. The van der Waals surface area contributed by atoms with Gasteiger partial charge in [0.15, 0.2) is 0 Å². The number of carbonyl (C=O) groups is 3. The van der Waals surface area contributed by atoms with Gasteiger partial charge >= 0.3 is 6.03 Å². The Balaban J connectivity index is 1.46. The second-order valence-electron chi connectivity index (χ2n) is 7.88. The van der Waals surface area contributed by atoms with E-state index in [0.717, 1.165) is 40.4 Å². The molecule has 3 aliphatic rings. The van der Waals surface area contributed by atoms with Crippen molar-refractivity contribution in [3.8, 4) is 0 Å². The van der Waals surface area contributed by atoms with Crippen molar-refractivity contribution in [2.45, 2.75) is 55.5 Å². The fourth-order valence-corrected chi connectivity index (χ4v) is 5.64. The van der Waals surface area contributed by atoms with E-state index >= 15 is 0 Å². The standard InChI is InChI=1S/C20H24FN3O3S/c1-12-4-2-3-8-20(12)18(26)24(19(27)23-20)11-17(25)22-15-7-9-28-16-6-5-13(21)10-14(15)16/h5-6,10,12,15H,2-4,7-9,11H2,1H3,(H,22,25)(H,23,27)/t12-,15+,20+/m1/s1. The first-order chi connectivity index (χ1) is 13.4. The Labute approximate surface area is 167 Å². The number of nitrogens with zero attached hydrogens (tertiary/aromatic N) is 1. The fraction of sp³-hybridized carbons (Fsp3) is 0.550. The lowest BCUT2D eigenvalue weighted by molar-refractivity contribution is -0.137. The zero-order chi connectivity index (χ0) is 19.9. The quantitative estimate of drug-likeness (QED) is 0.758. The van der Waals surface area contributed by atoms with Gasteiger partial charge in [-0.25, -0.2) is 9.18 Å². The average molecular weight is 405 g/mol. The summed E-state index contributed by atoms with van der Waals surface area (Å²) in [7, 11) is 0. The molecule has 150 valence electrons. The predicted octanol–water partition coefficient (Wildman–Crippen LogP) is 2.98. The fourth-order valence-electron chi connectivity index (χ4n) is 4.54. The minimum Gasteiger partial charge on any atom is -0.348 e.